The first-order valence-electron chi connectivity index (χ1n) is 6.02. The molecule has 14 heavy (non-hydrogen) atoms. The first-order chi connectivity index (χ1) is 6.41. The zero-order valence-electron chi connectivity index (χ0n) is 9.73. The van der Waals surface area contributed by atoms with E-state index in [0.29, 0.717) is 6.61 Å². The molecule has 0 amide bonds. The second-order valence-electron chi connectivity index (χ2n) is 3.91. The Morgan fingerprint density at radius 2 is 1.00 bits per heavy atom. The van der Waals surface area contributed by atoms with Crippen molar-refractivity contribution in [1.82, 2.24) is 0 Å². The second kappa shape index (κ2) is 16.1. The number of hydrogen-bond acceptors (Lipinski definition) is 1. The van der Waals surface area contributed by atoms with Crippen LogP contribution in [0.4, 0.5) is 0 Å². The van der Waals surface area contributed by atoms with Crippen LogP contribution in [-0.4, -0.2) is 11.7 Å². The van der Waals surface area contributed by atoms with Crippen LogP contribution < -0.4 is 0 Å². The monoisotopic (exact) mass is 234 g/mol. The Morgan fingerprint density at radius 3 is 1.36 bits per heavy atom. The Kier molecular flexibility index (Phi) is 19.7. The minimum atomic E-state index is 0. The van der Waals surface area contributed by atoms with Crippen molar-refractivity contribution in [3.8, 4) is 0 Å². The zero-order valence-corrected chi connectivity index (χ0v) is 11.3. The van der Waals surface area contributed by atoms with Crippen LogP contribution in [0, 0.1) is 0 Å². The van der Waals surface area contributed by atoms with Gasteiger partial charge in [0.1, 0.15) is 0 Å². The number of unbranched alkanes of at least 4 members (excludes halogenated alkanes) is 9. The average Bonchev–Trinajstić information content (AvgIpc) is 2.16. The van der Waals surface area contributed by atoms with Crippen LogP contribution in [0.15, 0.2) is 0 Å². The molecule has 0 aliphatic rings. The minimum absolute atomic E-state index is 0. The smallest absolute Gasteiger partial charge is 0.0431 e. The summed E-state index contributed by atoms with van der Waals surface area (Å²) >= 11 is 0. The first-order valence-corrected chi connectivity index (χ1v) is 6.02. The van der Waals surface area contributed by atoms with Gasteiger partial charge in [-0.25, -0.2) is 0 Å². The van der Waals surface area contributed by atoms with Gasteiger partial charge in [0.05, 0.1) is 0 Å². The molecule has 0 heterocycles. The average molecular weight is 234 g/mol. The third-order valence-corrected chi connectivity index (χ3v) is 2.51. The summed E-state index contributed by atoms with van der Waals surface area (Å²) in [4.78, 5) is 0. The van der Waals surface area contributed by atoms with Gasteiger partial charge in [-0.2, -0.15) is 0 Å². The third kappa shape index (κ3) is 15.2. The largest absolute Gasteiger partial charge is 0.396 e. The van der Waals surface area contributed by atoms with E-state index in [1.807, 2.05) is 0 Å². The Hall–Kier alpha value is 0.674. The molecule has 0 spiro atoms. The van der Waals surface area contributed by atoms with Gasteiger partial charge in [-0.05, 0) is 6.42 Å². The fourth-order valence-electron chi connectivity index (χ4n) is 1.60. The van der Waals surface area contributed by atoms with Gasteiger partial charge in [0.2, 0.25) is 0 Å². The molecule has 0 aromatic heterocycles. The molecular formula is C12H26OTi. The zero-order chi connectivity index (χ0) is 9.78. The van der Waals surface area contributed by atoms with E-state index in [2.05, 4.69) is 6.92 Å². The summed E-state index contributed by atoms with van der Waals surface area (Å²) in [6.45, 7) is 2.63. The molecule has 2 heteroatoms. The molecule has 0 saturated heterocycles. The topological polar surface area (TPSA) is 20.2 Å². The van der Waals surface area contributed by atoms with Gasteiger partial charge in [0.15, 0.2) is 0 Å². The molecule has 1 N–H and O–H groups in total. The van der Waals surface area contributed by atoms with E-state index >= 15 is 0 Å². The molecule has 0 aliphatic heterocycles. The first kappa shape index (κ1) is 17.1. The van der Waals surface area contributed by atoms with Crippen molar-refractivity contribution in [1.29, 1.82) is 0 Å². The number of hydrogen-bond donors (Lipinski definition) is 1. The molecule has 0 radical (unpaired) electrons. The number of aliphatic hydroxyl groups excluding tert-OH is 1. The quantitative estimate of drug-likeness (QED) is 0.449. The molecule has 1 nitrogen and oxygen atoms in total. The summed E-state index contributed by atoms with van der Waals surface area (Å²) < 4.78 is 0. The van der Waals surface area contributed by atoms with E-state index in [1.165, 1.54) is 57.8 Å². The number of rotatable bonds is 10. The van der Waals surface area contributed by atoms with Gasteiger partial charge in [-0.1, -0.05) is 64.7 Å². The third-order valence-electron chi connectivity index (χ3n) is 2.51. The predicted octanol–water partition coefficient (Wildman–Crippen LogP) is 3.90. The minimum Gasteiger partial charge on any atom is -0.396 e. The maximum Gasteiger partial charge on any atom is 0.0431 e. The van der Waals surface area contributed by atoms with Crippen molar-refractivity contribution in [2.75, 3.05) is 6.61 Å². The van der Waals surface area contributed by atoms with E-state index in [9.17, 15) is 0 Å². The molecule has 0 bridgehead atoms. The summed E-state index contributed by atoms with van der Waals surface area (Å²) in [6.07, 6.45) is 13.3. The van der Waals surface area contributed by atoms with E-state index in [4.69, 9.17) is 5.11 Å². The van der Waals surface area contributed by atoms with Gasteiger partial charge in [0, 0.05) is 28.3 Å². The van der Waals surface area contributed by atoms with Crippen LogP contribution in [0.5, 0.6) is 0 Å². The molecule has 0 saturated carbocycles. The van der Waals surface area contributed by atoms with Crippen molar-refractivity contribution in [3.63, 3.8) is 0 Å². The molecular weight excluding hydrogens is 208 g/mol. The Balaban J connectivity index is 0. The van der Waals surface area contributed by atoms with Crippen molar-refractivity contribution < 1.29 is 26.8 Å². The van der Waals surface area contributed by atoms with Crippen LogP contribution in [-0.2, 0) is 21.7 Å². The van der Waals surface area contributed by atoms with Crippen molar-refractivity contribution in [2.24, 2.45) is 0 Å². The van der Waals surface area contributed by atoms with Crippen molar-refractivity contribution in [3.05, 3.63) is 0 Å². The van der Waals surface area contributed by atoms with Crippen LogP contribution >= 0.6 is 0 Å². The van der Waals surface area contributed by atoms with Gasteiger partial charge in [0.25, 0.3) is 0 Å². The van der Waals surface area contributed by atoms with E-state index in [1.54, 1.807) is 0 Å². The standard InChI is InChI=1S/C12H26O.Ti/c1-2-3-4-5-6-7-8-9-10-11-12-13;/h13H,2-12H2,1H3;. The Morgan fingerprint density at radius 1 is 0.643 bits per heavy atom. The molecule has 0 unspecified atom stereocenters. The molecule has 0 aromatic rings. The molecule has 0 aromatic carbocycles. The van der Waals surface area contributed by atoms with Crippen LogP contribution in [0.3, 0.4) is 0 Å². The van der Waals surface area contributed by atoms with E-state index in [-0.39, 0.29) is 21.7 Å². The maximum absolute atomic E-state index is 8.57. The summed E-state index contributed by atoms with van der Waals surface area (Å²) in [5, 5.41) is 8.57. The Bertz CT molecular complexity index is 76.4. The summed E-state index contributed by atoms with van der Waals surface area (Å²) in [6, 6.07) is 0. The normalized spacial score (nSPS) is 9.86. The van der Waals surface area contributed by atoms with Gasteiger partial charge >= 0.3 is 0 Å². The summed E-state index contributed by atoms with van der Waals surface area (Å²) in [7, 11) is 0. The van der Waals surface area contributed by atoms with Gasteiger partial charge < -0.3 is 5.11 Å². The fourth-order valence-corrected chi connectivity index (χ4v) is 1.60. The Labute approximate surface area is 105 Å². The molecule has 0 atom stereocenters. The van der Waals surface area contributed by atoms with Crippen molar-refractivity contribution in [2.45, 2.75) is 71.1 Å². The summed E-state index contributed by atoms with van der Waals surface area (Å²) in [5.41, 5.74) is 0. The SMILES string of the molecule is CCCCCCCCCCCCO.[Ti]. The number of aliphatic hydroxyl groups is 1. The fraction of sp³-hybridized carbons (Fsp3) is 1.00. The predicted molar refractivity (Wildman–Crippen MR) is 58.9 cm³/mol. The van der Waals surface area contributed by atoms with Crippen LogP contribution in [0.2, 0.25) is 0 Å². The summed E-state index contributed by atoms with van der Waals surface area (Å²) in [5.74, 6) is 0. The molecule has 0 rings (SSSR count). The molecule has 84 valence electrons. The van der Waals surface area contributed by atoms with Gasteiger partial charge in [-0.3, -0.25) is 0 Å². The van der Waals surface area contributed by atoms with Crippen LogP contribution in [0.1, 0.15) is 71.1 Å². The molecule has 0 fully saturated rings. The molecule has 0 aliphatic carbocycles. The maximum atomic E-state index is 8.57. The van der Waals surface area contributed by atoms with Crippen molar-refractivity contribution >= 4 is 0 Å². The van der Waals surface area contributed by atoms with Crippen LogP contribution in [0.25, 0.3) is 0 Å². The second-order valence-corrected chi connectivity index (χ2v) is 3.91. The van der Waals surface area contributed by atoms with E-state index < -0.39 is 0 Å². The van der Waals surface area contributed by atoms with Gasteiger partial charge in [-0.15, -0.1) is 0 Å². The van der Waals surface area contributed by atoms with E-state index in [0.717, 1.165) is 6.42 Å².